The summed E-state index contributed by atoms with van der Waals surface area (Å²) in [6, 6.07) is 6.95. The van der Waals surface area contributed by atoms with Crippen LogP contribution in [0.5, 0.6) is 0 Å². The van der Waals surface area contributed by atoms with Crippen molar-refractivity contribution in [3.8, 4) is 0 Å². The zero-order valence-corrected chi connectivity index (χ0v) is 14.4. The van der Waals surface area contributed by atoms with Crippen molar-refractivity contribution in [1.82, 2.24) is 14.9 Å². The SMILES string of the molecule is CNCc1ccc(S(=O)(=O)NCC(C)(C)CN(C)C)cc1. The molecule has 0 aliphatic heterocycles. The molecule has 1 aromatic rings. The Hall–Kier alpha value is -0.950. The Morgan fingerprint density at radius 2 is 1.71 bits per heavy atom. The Bertz CT molecular complexity index is 537. The van der Waals surface area contributed by atoms with Crippen LogP contribution >= 0.6 is 0 Å². The Kier molecular flexibility index (Phi) is 6.34. The number of nitrogens with one attached hydrogen (secondary N) is 2. The molecule has 21 heavy (non-hydrogen) atoms. The molecular weight excluding hydrogens is 286 g/mol. The second kappa shape index (κ2) is 7.35. The fourth-order valence-corrected chi connectivity index (χ4v) is 3.52. The van der Waals surface area contributed by atoms with E-state index in [9.17, 15) is 8.42 Å². The van der Waals surface area contributed by atoms with Gasteiger partial charge in [0.25, 0.3) is 0 Å². The van der Waals surface area contributed by atoms with Gasteiger partial charge in [-0.1, -0.05) is 26.0 Å². The smallest absolute Gasteiger partial charge is 0.240 e. The molecule has 0 atom stereocenters. The van der Waals surface area contributed by atoms with E-state index in [2.05, 4.69) is 14.9 Å². The van der Waals surface area contributed by atoms with Crippen molar-refractivity contribution >= 4 is 10.0 Å². The maximum atomic E-state index is 12.3. The molecule has 0 aromatic heterocycles. The molecule has 6 heteroatoms. The number of benzene rings is 1. The monoisotopic (exact) mass is 313 g/mol. The number of rotatable bonds is 8. The molecule has 1 aromatic carbocycles. The zero-order chi connectivity index (χ0) is 16.1. The van der Waals surface area contributed by atoms with Crippen molar-refractivity contribution in [2.24, 2.45) is 5.41 Å². The zero-order valence-electron chi connectivity index (χ0n) is 13.6. The Balaban J connectivity index is 2.73. The van der Waals surface area contributed by atoms with Gasteiger partial charge in [-0.25, -0.2) is 13.1 Å². The third kappa shape index (κ3) is 6.13. The molecule has 0 bridgehead atoms. The first-order valence-corrected chi connectivity index (χ1v) is 8.52. The third-order valence-corrected chi connectivity index (χ3v) is 4.52. The maximum Gasteiger partial charge on any atom is 0.240 e. The van der Waals surface area contributed by atoms with Gasteiger partial charge in [0, 0.05) is 19.6 Å². The van der Waals surface area contributed by atoms with Crippen molar-refractivity contribution in [1.29, 1.82) is 0 Å². The normalized spacial score (nSPS) is 12.9. The molecule has 0 spiro atoms. The minimum absolute atomic E-state index is 0.122. The van der Waals surface area contributed by atoms with Crippen LogP contribution in [0.3, 0.4) is 0 Å². The van der Waals surface area contributed by atoms with Gasteiger partial charge in [0.15, 0.2) is 0 Å². The highest BCUT2D eigenvalue weighted by molar-refractivity contribution is 7.89. The molecule has 1 rings (SSSR count). The summed E-state index contributed by atoms with van der Waals surface area (Å²) in [5, 5.41) is 3.04. The van der Waals surface area contributed by atoms with E-state index in [-0.39, 0.29) is 5.41 Å². The summed E-state index contributed by atoms with van der Waals surface area (Å²) in [6.45, 7) is 6.04. The van der Waals surface area contributed by atoms with Gasteiger partial charge in [0.05, 0.1) is 4.90 Å². The molecule has 0 heterocycles. The number of hydrogen-bond acceptors (Lipinski definition) is 4. The predicted octanol–water partition coefficient (Wildman–Crippen LogP) is 1.27. The minimum Gasteiger partial charge on any atom is -0.316 e. The van der Waals surface area contributed by atoms with Gasteiger partial charge in [-0.2, -0.15) is 0 Å². The lowest BCUT2D eigenvalue weighted by Gasteiger charge is -2.28. The highest BCUT2D eigenvalue weighted by atomic mass is 32.2. The van der Waals surface area contributed by atoms with Gasteiger partial charge in [0.1, 0.15) is 0 Å². The van der Waals surface area contributed by atoms with Crippen LogP contribution in [-0.4, -0.2) is 47.6 Å². The second-order valence-corrected chi connectivity index (χ2v) is 8.17. The van der Waals surface area contributed by atoms with E-state index in [4.69, 9.17) is 0 Å². The lowest BCUT2D eigenvalue weighted by Crippen LogP contribution is -2.39. The number of nitrogens with zero attached hydrogens (tertiary/aromatic N) is 1. The van der Waals surface area contributed by atoms with E-state index in [0.29, 0.717) is 11.4 Å². The van der Waals surface area contributed by atoms with Gasteiger partial charge >= 0.3 is 0 Å². The van der Waals surface area contributed by atoms with E-state index in [1.54, 1.807) is 12.1 Å². The van der Waals surface area contributed by atoms with Crippen LogP contribution in [0.1, 0.15) is 19.4 Å². The van der Waals surface area contributed by atoms with Crippen molar-refractivity contribution < 1.29 is 8.42 Å². The fourth-order valence-electron chi connectivity index (χ4n) is 2.28. The molecule has 0 unspecified atom stereocenters. The highest BCUT2D eigenvalue weighted by Crippen LogP contribution is 2.17. The van der Waals surface area contributed by atoms with Crippen LogP contribution in [0.4, 0.5) is 0 Å². The average molecular weight is 313 g/mol. The van der Waals surface area contributed by atoms with Crippen LogP contribution in [-0.2, 0) is 16.6 Å². The highest BCUT2D eigenvalue weighted by Gasteiger charge is 2.23. The first kappa shape index (κ1) is 18.1. The first-order chi connectivity index (χ1) is 9.66. The lowest BCUT2D eigenvalue weighted by atomic mass is 9.93. The minimum atomic E-state index is -3.45. The molecule has 5 nitrogen and oxygen atoms in total. The van der Waals surface area contributed by atoms with Crippen LogP contribution < -0.4 is 10.0 Å². The average Bonchev–Trinajstić information content (AvgIpc) is 2.36. The molecular formula is C15H27N3O2S. The third-order valence-electron chi connectivity index (χ3n) is 3.10. The van der Waals surface area contributed by atoms with Crippen LogP contribution in [0.25, 0.3) is 0 Å². The Morgan fingerprint density at radius 3 is 2.19 bits per heavy atom. The molecule has 0 radical (unpaired) electrons. The summed E-state index contributed by atoms with van der Waals surface area (Å²) in [6.07, 6.45) is 0. The Labute approximate surface area is 128 Å². The van der Waals surface area contributed by atoms with Crippen LogP contribution in [0, 0.1) is 5.41 Å². The van der Waals surface area contributed by atoms with E-state index in [0.717, 1.165) is 18.7 Å². The number of sulfonamides is 1. The van der Waals surface area contributed by atoms with E-state index < -0.39 is 10.0 Å². The van der Waals surface area contributed by atoms with E-state index >= 15 is 0 Å². The first-order valence-electron chi connectivity index (χ1n) is 7.04. The standard InChI is InChI=1S/C15H27N3O2S/c1-15(2,12-18(4)5)11-17-21(19,20)14-8-6-13(7-9-14)10-16-3/h6-9,16-17H,10-12H2,1-5H3. The Morgan fingerprint density at radius 1 is 1.14 bits per heavy atom. The molecule has 0 aliphatic carbocycles. The topological polar surface area (TPSA) is 61.4 Å². The maximum absolute atomic E-state index is 12.3. The quantitative estimate of drug-likeness (QED) is 0.759. The van der Waals surface area contributed by atoms with Gasteiger partial charge in [-0.3, -0.25) is 0 Å². The fraction of sp³-hybridized carbons (Fsp3) is 0.600. The molecule has 0 amide bonds. The van der Waals surface area contributed by atoms with Crippen LogP contribution in [0.15, 0.2) is 29.2 Å². The van der Waals surface area contributed by atoms with Crippen molar-refractivity contribution in [2.75, 3.05) is 34.2 Å². The predicted molar refractivity (Wildman–Crippen MR) is 86.7 cm³/mol. The largest absolute Gasteiger partial charge is 0.316 e. The summed E-state index contributed by atoms with van der Waals surface area (Å²) >= 11 is 0. The second-order valence-electron chi connectivity index (χ2n) is 6.40. The summed E-state index contributed by atoms with van der Waals surface area (Å²) in [5.41, 5.74) is 0.937. The lowest BCUT2D eigenvalue weighted by molar-refractivity contribution is 0.242. The summed E-state index contributed by atoms with van der Waals surface area (Å²) in [5.74, 6) is 0. The molecule has 0 fully saturated rings. The van der Waals surface area contributed by atoms with Crippen LogP contribution in [0.2, 0.25) is 0 Å². The van der Waals surface area contributed by atoms with E-state index in [1.807, 2.05) is 47.1 Å². The van der Waals surface area contributed by atoms with Crippen molar-refractivity contribution in [3.05, 3.63) is 29.8 Å². The molecule has 0 aliphatic rings. The summed E-state index contributed by atoms with van der Waals surface area (Å²) in [7, 11) is 2.38. The van der Waals surface area contributed by atoms with Gasteiger partial charge in [-0.05, 0) is 44.3 Å². The number of hydrogen-bond donors (Lipinski definition) is 2. The van der Waals surface area contributed by atoms with Crippen molar-refractivity contribution in [3.63, 3.8) is 0 Å². The molecule has 0 saturated carbocycles. The molecule has 120 valence electrons. The van der Waals surface area contributed by atoms with Gasteiger partial charge in [-0.15, -0.1) is 0 Å². The molecule has 0 saturated heterocycles. The van der Waals surface area contributed by atoms with Gasteiger partial charge < -0.3 is 10.2 Å². The van der Waals surface area contributed by atoms with Crippen molar-refractivity contribution in [2.45, 2.75) is 25.3 Å². The molecule has 2 N–H and O–H groups in total. The summed E-state index contributed by atoms with van der Waals surface area (Å²) < 4.78 is 27.3. The van der Waals surface area contributed by atoms with Gasteiger partial charge in [0.2, 0.25) is 10.0 Å². The summed E-state index contributed by atoms with van der Waals surface area (Å²) in [4.78, 5) is 2.36. The van der Waals surface area contributed by atoms with E-state index in [1.165, 1.54) is 0 Å².